The third kappa shape index (κ3) is 16.2. The third-order valence-electron chi connectivity index (χ3n) is 4.92. The molecule has 1 aliphatic heterocycles. The van der Waals surface area contributed by atoms with Gasteiger partial charge in [0, 0.05) is 33.7 Å². The van der Waals surface area contributed by atoms with Crippen LogP contribution in [-0.4, -0.2) is 108 Å². The summed E-state index contributed by atoms with van der Waals surface area (Å²) in [6.45, 7) is 7.94. The standard InChI is InChI=1S/C24H41NO12/c1-5-6-7-25-22(29)16-32-11-10-30-8-9-31-12-13-33-23-14-20(35-18(3)27)24(36-19(4)28)21(37-23)15-34-17(2)26/h20-21,23-24H,5-16H2,1-4H3,(H,25,29)/t20-,21-,23-,24-/m1/s1. The zero-order valence-electron chi connectivity index (χ0n) is 22.2. The number of carbonyl (C=O) groups excluding carboxylic acids is 4. The van der Waals surface area contributed by atoms with Gasteiger partial charge in [0.15, 0.2) is 12.4 Å². The Morgan fingerprint density at radius 3 is 2.05 bits per heavy atom. The number of carbonyl (C=O) groups is 4. The number of hydrogen-bond acceptors (Lipinski definition) is 12. The maximum atomic E-state index is 11.6. The molecule has 0 spiro atoms. The topological polar surface area (TPSA) is 154 Å². The molecule has 13 heteroatoms. The zero-order chi connectivity index (χ0) is 27.5. The summed E-state index contributed by atoms with van der Waals surface area (Å²) < 4.78 is 43.2. The monoisotopic (exact) mass is 535 g/mol. The van der Waals surface area contributed by atoms with E-state index in [0.717, 1.165) is 12.8 Å². The highest BCUT2D eigenvalue weighted by molar-refractivity contribution is 5.77. The number of rotatable bonds is 19. The number of ether oxygens (including phenoxy) is 8. The molecule has 214 valence electrons. The van der Waals surface area contributed by atoms with Crippen LogP contribution in [0.2, 0.25) is 0 Å². The van der Waals surface area contributed by atoms with E-state index in [1.54, 1.807) is 0 Å². The predicted molar refractivity (Wildman–Crippen MR) is 127 cm³/mol. The molecule has 4 atom stereocenters. The lowest BCUT2D eigenvalue weighted by molar-refractivity contribution is -0.267. The minimum absolute atomic E-state index is 0.00578. The summed E-state index contributed by atoms with van der Waals surface area (Å²) in [4.78, 5) is 45.8. The van der Waals surface area contributed by atoms with Crippen LogP contribution >= 0.6 is 0 Å². The summed E-state index contributed by atoms with van der Waals surface area (Å²) in [5.74, 6) is -1.82. The molecular weight excluding hydrogens is 494 g/mol. The first kappa shape index (κ1) is 32.7. The van der Waals surface area contributed by atoms with Gasteiger partial charge in [-0.25, -0.2) is 0 Å². The maximum Gasteiger partial charge on any atom is 0.303 e. The highest BCUT2D eigenvalue weighted by atomic mass is 16.7. The Morgan fingerprint density at radius 2 is 1.46 bits per heavy atom. The van der Waals surface area contributed by atoms with Gasteiger partial charge in [0.2, 0.25) is 5.91 Å². The Morgan fingerprint density at radius 1 is 0.838 bits per heavy atom. The smallest absolute Gasteiger partial charge is 0.303 e. The van der Waals surface area contributed by atoms with Crippen molar-refractivity contribution in [3.8, 4) is 0 Å². The van der Waals surface area contributed by atoms with Gasteiger partial charge in [-0.2, -0.15) is 0 Å². The Balaban J connectivity index is 2.27. The first-order valence-corrected chi connectivity index (χ1v) is 12.5. The summed E-state index contributed by atoms with van der Waals surface area (Å²) in [6, 6.07) is 0. The van der Waals surface area contributed by atoms with Crippen LogP contribution in [0.15, 0.2) is 0 Å². The van der Waals surface area contributed by atoms with E-state index in [1.165, 1.54) is 20.8 Å². The average Bonchev–Trinajstić information content (AvgIpc) is 2.82. The molecule has 0 unspecified atom stereocenters. The number of unbranched alkanes of at least 4 members (excludes halogenated alkanes) is 1. The Kier molecular flexibility index (Phi) is 17.5. The molecule has 0 bridgehead atoms. The fraction of sp³-hybridized carbons (Fsp3) is 0.833. The first-order chi connectivity index (χ1) is 17.7. The van der Waals surface area contributed by atoms with Gasteiger partial charge in [0.25, 0.3) is 0 Å². The molecule has 1 heterocycles. The van der Waals surface area contributed by atoms with E-state index in [2.05, 4.69) is 12.2 Å². The molecule has 1 fully saturated rings. The summed E-state index contributed by atoms with van der Waals surface area (Å²) >= 11 is 0. The Labute approximate surface area is 217 Å². The predicted octanol–water partition coefficient (Wildman–Crippen LogP) is 0.511. The molecule has 1 rings (SSSR count). The molecular formula is C24H41NO12. The Hall–Kier alpha value is -2.32. The molecule has 37 heavy (non-hydrogen) atoms. The van der Waals surface area contributed by atoms with E-state index in [4.69, 9.17) is 37.9 Å². The molecule has 1 saturated heterocycles. The van der Waals surface area contributed by atoms with Gasteiger partial charge in [0.1, 0.15) is 25.4 Å². The molecule has 0 aromatic heterocycles. The van der Waals surface area contributed by atoms with Gasteiger partial charge in [-0.15, -0.1) is 0 Å². The van der Waals surface area contributed by atoms with E-state index in [0.29, 0.717) is 33.0 Å². The summed E-state index contributed by atoms with van der Waals surface area (Å²) in [7, 11) is 0. The number of nitrogens with one attached hydrogen (secondary N) is 1. The van der Waals surface area contributed by atoms with Crippen LogP contribution in [0.25, 0.3) is 0 Å². The summed E-state index contributed by atoms with van der Waals surface area (Å²) in [6.07, 6.45) is -1.39. The normalized spacial score (nSPS) is 21.2. The van der Waals surface area contributed by atoms with Gasteiger partial charge in [0.05, 0.1) is 39.6 Å². The average molecular weight is 536 g/mol. The van der Waals surface area contributed by atoms with Crippen LogP contribution in [0.5, 0.6) is 0 Å². The lowest BCUT2D eigenvalue weighted by Crippen LogP contribution is -2.54. The van der Waals surface area contributed by atoms with Gasteiger partial charge < -0.3 is 43.2 Å². The summed E-state index contributed by atoms with van der Waals surface area (Å²) in [5, 5.41) is 2.76. The molecule has 1 amide bonds. The van der Waals surface area contributed by atoms with Crippen LogP contribution in [-0.2, 0) is 57.1 Å². The Bertz CT molecular complexity index is 689. The second-order valence-corrected chi connectivity index (χ2v) is 8.22. The van der Waals surface area contributed by atoms with Crippen LogP contribution < -0.4 is 5.32 Å². The zero-order valence-corrected chi connectivity index (χ0v) is 22.2. The first-order valence-electron chi connectivity index (χ1n) is 12.5. The minimum atomic E-state index is -0.951. The highest BCUT2D eigenvalue weighted by Crippen LogP contribution is 2.27. The van der Waals surface area contributed by atoms with Crippen molar-refractivity contribution >= 4 is 23.8 Å². The number of amides is 1. The van der Waals surface area contributed by atoms with Crippen molar-refractivity contribution in [3.05, 3.63) is 0 Å². The van der Waals surface area contributed by atoms with E-state index in [-0.39, 0.29) is 38.8 Å². The molecule has 0 aliphatic carbocycles. The minimum Gasteiger partial charge on any atom is -0.463 e. The quantitative estimate of drug-likeness (QED) is 0.139. The van der Waals surface area contributed by atoms with Crippen molar-refractivity contribution in [3.63, 3.8) is 0 Å². The lowest BCUT2D eigenvalue weighted by Gasteiger charge is -2.39. The lowest BCUT2D eigenvalue weighted by atomic mass is 10.0. The number of esters is 3. The SMILES string of the molecule is CCCCNC(=O)COCCOCCOCCO[C@H]1C[C@@H](OC(C)=O)[C@@H](OC(C)=O)[C@@H](COC(C)=O)O1. The number of hydrogen-bond donors (Lipinski definition) is 1. The van der Waals surface area contributed by atoms with Crippen molar-refractivity contribution in [2.24, 2.45) is 0 Å². The van der Waals surface area contributed by atoms with Gasteiger partial charge in [-0.05, 0) is 6.42 Å². The van der Waals surface area contributed by atoms with Crippen molar-refractivity contribution in [2.75, 3.05) is 59.4 Å². The molecule has 0 saturated carbocycles. The van der Waals surface area contributed by atoms with E-state index >= 15 is 0 Å². The van der Waals surface area contributed by atoms with Crippen molar-refractivity contribution in [1.82, 2.24) is 5.32 Å². The molecule has 13 nitrogen and oxygen atoms in total. The van der Waals surface area contributed by atoms with E-state index in [9.17, 15) is 19.2 Å². The van der Waals surface area contributed by atoms with Crippen LogP contribution in [0.3, 0.4) is 0 Å². The molecule has 1 aliphatic rings. The summed E-state index contributed by atoms with van der Waals surface area (Å²) in [5.41, 5.74) is 0. The molecule has 0 aromatic rings. The van der Waals surface area contributed by atoms with E-state index < -0.39 is 42.5 Å². The second-order valence-electron chi connectivity index (χ2n) is 8.22. The van der Waals surface area contributed by atoms with Crippen LogP contribution in [0, 0.1) is 0 Å². The van der Waals surface area contributed by atoms with Crippen LogP contribution in [0.1, 0.15) is 47.0 Å². The third-order valence-corrected chi connectivity index (χ3v) is 4.92. The molecule has 0 aromatic carbocycles. The van der Waals surface area contributed by atoms with Crippen LogP contribution in [0.4, 0.5) is 0 Å². The van der Waals surface area contributed by atoms with Crippen molar-refractivity contribution in [1.29, 1.82) is 0 Å². The second kappa shape index (κ2) is 19.7. The molecule has 1 N–H and O–H groups in total. The molecule has 0 radical (unpaired) electrons. The van der Waals surface area contributed by atoms with E-state index in [1.807, 2.05) is 0 Å². The highest BCUT2D eigenvalue weighted by Gasteiger charge is 2.44. The van der Waals surface area contributed by atoms with Crippen molar-refractivity contribution in [2.45, 2.75) is 71.6 Å². The van der Waals surface area contributed by atoms with Gasteiger partial charge >= 0.3 is 17.9 Å². The maximum absolute atomic E-state index is 11.6. The van der Waals surface area contributed by atoms with Gasteiger partial charge in [-0.3, -0.25) is 19.2 Å². The fourth-order valence-electron chi connectivity index (χ4n) is 3.30. The largest absolute Gasteiger partial charge is 0.463 e. The van der Waals surface area contributed by atoms with Gasteiger partial charge in [-0.1, -0.05) is 13.3 Å². The van der Waals surface area contributed by atoms with Crippen molar-refractivity contribution < 1.29 is 57.1 Å². The fourth-order valence-corrected chi connectivity index (χ4v) is 3.30.